The molecule has 8 heteroatoms. The molecule has 30 heavy (non-hydrogen) atoms. The van der Waals surface area contributed by atoms with Gasteiger partial charge in [-0.05, 0) is 22.2 Å². The molecular formula is C22H21N3O5. The minimum absolute atomic E-state index is 0.0995. The van der Waals surface area contributed by atoms with Gasteiger partial charge in [0.25, 0.3) is 0 Å². The first-order chi connectivity index (χ1) is 14.6. The van der Waals surface area contributed by atoms with Gasteiger partial charge in [0.15, 0.2) is 6.23 Å². The van der Waals surface area contributed by atoms with E-state index in [-0.39, 0.29) is 13.2 Å². The fourth-order valence-corrected chi connectivity index (χ4v) is 3.82. The normalized spacial score (nSPS) is 24.4. The highest BCUT2D eigenvalue weighted by molar-refractivity contribution is 6.10. The lowest BCUT2D eigenvalue weighted by molar-refractivity contribution is -0.214. The summed E-state index contributed by atoms with van der Waals surface area (Å²) in [5, 5.41) is 42.0. The Labute approximate surface area is 171 Å². The fourth-order valence-electron chi connectivity index (χ4n) is 3.82. The van der Waals surface area contributed by atoms with Crippen LogP contribution in [0, 0.1) is 0 Å². The molecule has 0 radical (unpaired) electrons. The maximum absolute atomic E-state index is 10.1. The second-order valence-corrected chi connectivity index (χ2v) is 7.39. The number of ether oxygens (including phenoxy) is 2. The first kappa shape index (κ1) is 19.0. The summed E-state index contributed by atoms with van der Waals surface area (Å²) in [6.07, 6.45) is -3.08. The molecule has 0 spiro atoms. The van der Waals surface area contributed by atoms with E-state index in [0.29, 0.717) is 5.69 Å². The van der Waals surface area contributed by atoms with Gasteiger partial charge in [-0.25, -0.2) is 4.68 Å². The summed E-state index contributed by atoms with van der Waals surface area (Å²) < 4.78 is 12.8. The summed E-state index contributed by atoms with van der Waals surface area (Å²) in [7, 11) is 0. The van der Waals surface area contributed by atoms with Crippen molar-refractivity contribution in [3.63, 3.8) is 0 Å². The van der Waals surface area contributed by atoms with E-state index in [1.54, 1.807) is 6.20 Å². The Bertz CT molecular complexity index is 1190. The van der Waals surface area contributed by atoms with Gasteiger partial charge in [0, 0.05) is 5.39 Å². The van der Waals surface area contributed by atoms with Crippen molar-refractivity contribution in [3.8, 4) is 5.75 Å². The van der Waals surface area contributed by atoms with E-state index in [1.807, 2.05) is 42.5 Å². The molecule has 1 aliphatic heterocycles. The van der Waals surface area contributed by atoms with Crippen LogP contribution in [-0.4, -0.2) is 55.2 Å². The van der Waals surface area contributed by atoms with Gasteiger partial charge in [0.1, 0.15) is 36.4 Å². The van der Waals surface area contributed by atoms with Crippen LogP contribution in [0.15, 0.2) is 60.8 Å². The summed E-state index contributed by atoms with van der Waals surface area (Å²) >= 11 is 0. The van der Waals surface area contributed by atoms with Crippen LogP contribution < -0.4 is 4.74 Å². The lowest BCUT2D eigenvalue weighted by Crippen LogP contribution is -2.50. The van der Waals surface area contributed by atoms with Gasteiger partial charge < -0.3 is 24.8 Å². The molecule has 3 N–H and O–H groups in total. The molecule has 4 aromatic rings. The van der Waals surface area contributed by atoms with E-state index >= 15 is 0 Å². The summed E-state index contributed by atoms with van der Waals surface area (Å²) in [6.45, 7) is 0.0774. The quantitative estimate of drug-likeness (QED) is 0.442. The molecule has 5 rings (SSSR count). The van der Waals surface area contributed by atoms with Crippen LogP contribution in [0.25, 0.3) is 21.5 Å². The molecule has 1 fully saturated rings. The van der Waals surface area contributed by atoms with Crippen molar-refractivity contribution in [2.24, 2.45) is 0 Å². The zero-order chi connectivity index (χ0) is 20.7. The Kier molecular flexibility index (Phi) is 4.84. The van der Waals surface area contributed by atoms with E-state index in [1.165, 1.54) is 4.68 Å². The minimum atomic E-state index is -1.31. The van der Waals surface area contributed by atoms with Crippen LogP contribution in [-0.2, 0) is 11.3 Å². The lowest BCUT2D eigenvalue weighted by Gasteiger charge is -2.34. The molecule has 8 nitrogen and oxygen atoms in total. The summed E-state index contributed by atoms with van der Waals surface area (Å²) in [5.41, 5.74) is 0.545. The van der Waals surface area contributed by atoms with E-state index < -0.39 is 24.5 Å². The van der Waals surface area contributed by atoms with Gasteiger partial charge in [0.05, 0.1) is 12.8 Å². The van der Waals surface area contributed by atoms with Crippen LogP contribution in [0.4, 0.5) is 0 Å². The third kappa shape index (κ3) is 3.29. The molecule has 1 aromatic heterocycles. The van der Waals surface area contributed by atoms with Gasteiger partial charge in [-0.3, -0.25) is 0 Å². The number of aromatic nitrogens is 3. The second kappa shape index (κ2) is 7.66. The number of hydrogen-bond donors (Lipinski definition) is 3. The molecule has 1 saturated heterocycles. The van der Waals surface area contributed by atoms with Crippen molar-refractivity contribution in [1.82, 2.24) is 15.0 Å². The molecule has 2 heterocycles. The number of aliphatic hydroxyl groups excluding tert-OH is 3. The predicted octanol–water partition coefficient (Wildman–Crippen LogP) is 1.77. The monoisotopic (exact) mass is 407 g/mol. The molecule has 0 saturated carbocycles. The van der Waals surface area contributed by atoms with Gasteiger partial charge in [-0.2, -0.15) is 0 Å². The minimum Gasteiger partial charge on any atom is -0.486 e. The number of benzene rings is 3. The first-order valence-electron chi connectivity index (χ1n) is 9.71. The average Bonchev–Trinajstić information content (AvgIpc) is 3.24. The van der Waals surface area contributed by atoms with Crippen LogP contribution in [0.1, 0.15) is 11.9 Å². The Morgan fingerprint density at radius 1 is 0.967 bits per heavy atom. The third-order valence-electron chi connectivity index (χ3n) is 5.40. The second-order valence-electron chi connectivity index (χ2n) is 7.39. The standard InChI is InChI=1S/C22H21N3O5/c26-18-12-30-22(21(28)20(18)27)25-10-14(23-24-25)11-29-19-9-13-5-1-2-6-15(13)16-7-3-4-8-17(16)19/h1-10,18,20-22,26-28H,11-12H2. The van der Waals surface area contributed by atoms with Gasteiger partial charge in [-0.15, -0.1) is 5.10 Å². The number of nitrogens with zero attached hydrogens (tertiary/aromatic N) is 3. The summed E-state index contributed by atoms with van der Waals surface area (Å²) in [4.78, 5) is 0. The van der Waals surface area contributed by atoms with Gasteiger partial charge in [0.2, 0.25) is 0 Å². The SMILES string of the molecule is OC1COC(n2cc(COc3cc4ccccc4c4ccccc34)nn2)C(O)C1O. The van der Waals surface area contributed by atoms with Crippen molar-refractivity contribution in [2.45, 2.75) is 31.1 Å². The molecule has 154 valence electrons. The van der Waals surface area contributed by atoms with Crippen molar-refractivity contribution in [2.75, 3.05) is 6.61 Å². The third-order valence-corrected chi connectivity index (χ3v) is 5.40. The van der Waals surface area contributed by atoms with Crippen molar-refractivity contribution in [1.29, 1.82) is 0 Å². The highest BCUT2D eigenvalue weighted by Gasteiger charge is 2.39. The zero-order valence-corrected chi connectivity index (χ0v) is 16.0. The molecule has 0 bridgehead atoms. The van der Waals surface area contributed by atoms with Gasteiger partial charge >= 0.3 is 0 Å². The number of fused-ring (bicyclic) bond motifs is 3. The smallest absolute Gasteiger partial charge is 0.180 e. The molecule has 1 aliphatic rings. The number of rotatable bonds is 4. The largest absolute Gasteiger partial charge is 0.486 e. The Balaban J connectivity index is 1.39. The summed E-state index contributed by atoms with van der Waals surface area (Å²) in [6, 6.07) is 18.2. The highest BCUT2D eigenvalue weighted by Crippen LogP contribution is 2.33. The van der Waals surface area contributed by atoms with Crippen molar-refractivity contribution >= 4 is 21.5 Å². The van der Waals surface area contributed by atoms with E-state index in [2.05, 4.69) is 22.4 Å². The van der Waals surface area contributed by atoms with Crippen molar-refractivity contribution < 1.29 is 24.8 Å². The van der Waals surface area contributed by atoms with E-state index in [0.717, 1.165) is 27.3 Å². The molecule has 4 atom stereocenters. The van der Waals surface area contributed by atoms with Crippen LogP contribution in [0.3, 0.4) is 0 Å². The maximum atomic E-state index is 10.1. The zero-order valence-electron chi connectivity index (χ0n) is 16.0. The topological polar surface area (TPSA) is 110 Å². The van der Waals surface area contributed by atoms with Crippen LogP contribution in [0.2, 0.25) is 0 Å². The first-order valence-corrected chi connectivity index (χ1v) is 9.71. The van der Waals surface area contributed by atoms with Crippen LogP contribution in [0.5, 0.6) is 5.75 Å². The van der Waals surface area contributed by atoms with Crippen molar-refractivity contribution in [3.05, 3.63) is 66.5 Å². The Morgan fingerprint density at radius 3 is 2.53 bits per heavy atom. The Hall–Kier alpha value is -3.04. The number of hydrogen-bond acceptors (Lipinski definition) is 7. The van der Waals surface area contributed by atoms with E-state index in [9.17, 15) is 15.3 Å². The van der Waals surface area contributed by atoms with Crippen LogP contribution >= 0.6 is 0 Å². The average molecular weight is 407 g/mol. The predicted molar refractivity (Wildman–Crippen MR) is 109 cm³/mol. The highest BCUT2D eigenvalue weighted by atomic mass is 16.5. The molecule has 0 amide bonds. The Morgan fingerprint density at radius 2 is 1.70 bits per heavy atom. The van der Waals surface area contributed by atoms with E-state index in [4.69, 9.17) is 9.47 Å². The molecule has 0 aliphatic carbocycles. The lowest BCUT2D eigenvalue weighted by atomic mass is 10.0. The molecular weight excluding hydrogens is 386 g/mol. The molecule has 3 aromatic carbocycles. The molecule has 4 unspecified atom stereocenters. The van der Waals surface area contributed by atoms with Gasteiger partial charge in [-0.1, -0.05) is 53.7 Å². The maximum Gasteiger partial charge on any atom is 0.180 e. The fraction of sp³-hybridized carbons (Fsp3) is 0.273. The summed E-state index contributed by atoms with van der Waals surface area (Å²) in [5.74, 6) is 0.742. The number of aliphatic hydroxyl groups is 3.